The molecule has 0 saturated carbocycles. The standard InChI is InChI=1S/C12H21N3/c1-10-5-6-11(9-12(10)13)15(4)8-7-14(2)3/h5-6,9H,7-8,13H2,1-4H3. The van der Waals surface area contributed by atoms with Gasteiger partial charge in [0.2, 0.25) is 0 Å². The Morgan fingerprint density at radius 1 is 1.13 bits per heavy atom. The SMILES string of the molecule is Cc1ccc(N(C)CCN(C)C)cc1N. The van der Waals surface area contributed by atoms with Crippen LogP contribution in [0.4, 0.5) is 11.4 Å². The van der Waals surface area contributed by atoms with Gasteiger partial charge in [0.25, 0.3) is 0 Å². The topological polar surface area (TPSA) is 32.5 Å². The maximum atomic E-state index is 5.88. The van der Waals surface area contributed by atoms with Gasteiger partial charge >= 0.3 is 0 Å². The zero-order chi connectivity index (χ0) is 11.4. The molecule has 0 saturated heterocycles. The molecule has 15 heavy (non-hydrogen) atoms. The smallest absolute Gasteiger partial charge is 0.0384 e. The maximum absolute atomic E-state index is 5.88. The summed E-state index contributed by atoms with van der Waals surface area (Å²) in [6.45, 7) is 4.08. The number of likely N-dealkylation sites (N-methyl/N-ethyl adjacent to an activating group) is 2. The third-order valence-electron chi connectivity index (χ3n) is 2.59. The van der Waals surface area contributed by atoms with E-state index in [1.807, 2.05) is 13.0 Å². The van der Waals surface area contributed by atoms with Crippen LogP contribution in [0, 0.1) is 6.92 Å². The molecular formula is C12H21N3. The maximum Gasteiger partial charge on any atom is 0.0384 e. The van der Waals surface area contributed by atoms with E-state index >= 15 is 0 Å². The van der Waals surface area contributed by atoms with Crippen molar-refractivity contribution in [2.75, 3.05) is 44.9 Å². The first-order chi connectivity index (χ1) is 7.00. The van der Waals surface area contributed by atoms with Gasteiger partial charge in [-0.05, 0) is 38.7 Å². The Bertz CT molecular complexity index is 321. The van der Waals surface area contributed by atoms with Crippen molar-refractivity contribution in [3.8, 4) is 0 Å². The van der Waals surface area contributed by atoms with Gasteiger partial charge < -0.3 is 15.5 Å². The van der Waals surface area contributed by atoms with E-state index in [2.05, 4.69) is 43.1 Å². The van der Waals surface area contributed by atoms with Gasteiger partial charge in [-0.25, -0.2) is 0 Å². The minimum atomic E-state index is 0.865. The number of nitrogens with zero attached hydrogens (tertiary/aromatic N) is 2. The molecule has 0 unspecified atom stereocenters. The van der Waals surface area contributed by atoms with Crippen molar-refractivity contribution in [2.24, 2.45) is 0 Å². The Morgan fingerprint density at radius 3 is 2.33 bits per heavy atom. The molecule has 1 aromatic rings. The lowest BCUT2D eigenvalue weighted by Crippen LogP contribution is -2.28. The van der Waals surface area contributed by atoms with Gasteiger partial charge in [-0.1, -0.05) is 6.07 Å². The predicted octanol–water partition coefficient (Wildman–Crippen LogP) is 1.58. The molecule has 2 N–H and O–H groups in total. The summed E-state index contributed by atoms with van der Waals surface area (Å²) in [7, 11) is 6.25. The van der Waals surface area contributed by atoms with E-state index in [1.54, 1.807) is 0 Å². The lowest BCUT2D eigenvalue weighted by Gasteiger charge is -2.22. The third kappa shape index (κ3) is 3.44. The zero-order valence-electron chi connectivity index (χ0n) is 10.1. The highest BCUT2D eigenvalue weighted by Crippen LogP contribution is 2.19. The first-order valence-corrected chi connectivity index (χ1v) is 5.22. The number of nitrogen functional groups attached to an aromatic ring is 1. The fourth-order valence-corrected chi connectivity index (χ4v) is 1.34. The van der Waals surface area contributed by atoms with Gasteiger partial charge in [0.15, 0.2) is 0 Å². The van der Waals surface area contributed by atoms with E-state index in [0.29, 0.717) is 0 Å². The van der Waals surface area contributed by atoms with Gasteiger partial charge in [-0.15, -0.1) is 0 Å². The van der Waals surface area contributed by atoms with Gasteiger partial charge in [0.1, 0.15) is 0 Å². The molecule has 0 aliphatic heterocycles. The summed E-state index contributed by atoms with van der Waals surface area (Å²) in [5.41, 5.74) is 9.06. The van der Waals surface area contributed by atoms with Crippen LogP contribution < -0.4 is 10.6 Å². The highest BCUT2D eigenvalue weighted by Gasteiger charge is 2.02. The molecule has 0 heterocycles. The number of aryl methyl sites for hydroxylation is 1. The van der Waals surface area contributed by atoms with Gasteiger partial charge in [-0.2, -0.15) is 0 Å². The summed E-state index contributed by atoms with van der Waals surface area (Å²) < 4.78 is 0. The van der Waals surface area contributed by atoms with Crippen molar-refractivity contribution >= 4 is 11.4 Å². The predicted molar refractivity (Wildman–Crippen MR) is 67.4 cm³/mol. The molecule has 3 nitrogen and oxygen atoms in total. The summed E-state index contributed by atoms with van der Waals surface area (Å²) >= 11 is 0. The number of benzene rings is 1. The number of rotatable bonds is 4. The fourth-order valence-electron chi connectivity index (χ4n) is 1.34. The average Bonchev–Trinajstić information content (AvgIpc) is 2.18. The molecule has 0 fully saturated rings. The number of nitrogens with two attached hydrogens (primary N) is 1. The van der Waals surface area contributed by atoms with E-state index in [9.17, 15) is 0 Å². The van der Waals surface area contributed by atoms with Gasteiger partial charge in [0, 0.05) is 31.5 Å². The van der Waals surface area contributed by atoms with Gasteiger partial charge in [0.05, 0.1) is 0 Å². The van der Waals surface area contributed by atoms with E-state index in [0.717, 1.165) is 24.3 Å². The van der Waals surface area contributed by atoms with Crippen molar-refractivity contribution in [3.63, 3.8) is 0 Å². The molecule has 0 aliphatic rings. The summed E-state index contributed by atoms with van der Waals surface area (Å²) in [5, 5.41) is 0. The normalized spacial score (nSPS) is 10.7. The molecule has 1 aromatic carbocycles. The minimum absolute atomic E-state index is 0.865. The molecule has 84 valence electrons. The van der Waals surface area contributed by atoms with Crippen LogP contribution in [0.25, 0.3) is 0 Å². The molecular weight excluding hydrogens is 186 g/mol. The molecule has 1 rings (SSSR count). The third-order valence-corrected chi connectivity index (χ3v) is 2.59. The second kappa shape index (κ2) is 5.03. The molecule has 0 aliphatic carbocycles. The zero-order valence-corrected chi connectivity index (χ0v) is 10.1. The Morgan fingerprint density at radius 2 is 1.80 bits per heavy atom. The average molecular weight is 207 g/mol. The van der Waals surface area contributed by atoms with Crippen molar-refractivity contribution in [3.05, 3.63) is 23.8 Å². The van der Waals surface area contributed by atoms with Crippen LogP contribution >= 0.6 is 0 Å². The van der Waals surface area contributed by atoms with Crippen LogP contribution in [0.1, 0.15) is 5.56 Å². The minimum Gasteiger partial charge on any atom is -0.398 e. The molecule has 0 atom stereocenters. The fraction of sp³-hybridized carbons (Fsp3) is 0.500. The molecule has 0 radical (unpaired) electrons. The first-order valence-electron chi connectivity index (χ1n) is 5.22. The van der Waals surface area contributed by atoms with Crippen molar-refractivity contribution < 1.29 is 0 Å². The number of hydrogen-bond donors (Lipinski definition) is 1. The number of anilines is 2. The van der Waals surface area contributed by atoms with Crippen LogP contribution in [0.3, 0.4) is 0 Å². The van der Waals surface area contributed by atoms with Crippen LogP contribution in [-0.4, -0.2) is 39.1 Å². The second-order valence-electron chi connectivity index (χ2n) is 4.27. The van der Waals surface area contributed by atoms with Crippen molar-refractivity contribution in [2.45, 2.75) is 6.92 Å². The highest BCUT2D eigenvalue weighted by molar-refractivity contribution is 5.59. The Labute approximate surface area is 92.5 Å². The van der Waals surface area contributed by atoms with E-state index < -0.39 is 0 Å². The molecule has 0 amide bonds. The van der Waals surface area contributed by atoms with Crippen LogP contribution in [0.15, 0.2) is 18.2 Å². The van der Waals surface area contributed by atoms with Crippen molar-refractivity contribution in [1.82, 2.24) is 4.90 Å². The molecule has 3 heteroatoms. The van der Waals surface area contributed by atoms with Crippen LogP contribution in [0.5, 0.6) is 0 Å². The monoisotopic (exact) mass is 207 g/mol. The first kappa shape index (κ1) is 11.9. The Hall–Kier alpha value is -1.22. The van der Waals surface area contributed by atoms with E-state index in [-0.39, 0.29) is 0 Å². The summed E-state index contributed by atoms with van der Waals surface area (Å²) in [6, 6.07) is 6.21. The number of hydrogen-bond acceptors (Lipinski definition) is 3. The molecule has 0 spiro atoms. The Balaban J connectivity index is 2.65. The summed E-state index contributed by atoms with van der Waals surface area (Å²) in [6.07, 6.45) is 0. The highest BCUT2D eigenvalue weighted by atomic mass is 15.2. The van der Waals surface area contributed by atoms with E-state index in [1.165, 1.54) is 5.69 Å². The van der Waals surface area contributed by atoms with E-state index in [4.69, 9.17) is 5.73 Å². The summed E-state index contributed by atoms with van der Waals surface area (Å²) in [5.74, 6) is 0. The quantitative estimate of drug-likeness (QED) is 0.761. The molecule has 0 bridgehead atoms. The summed E-state index contributed by atoms with van der Waals surface area (Å²) in [4.78, 5) is 4.39. The lowest BCUT2D eigenvalue weighted by molar-refractivity contribution is 0.416. The van der Waals surface area contributed by atoms with Crippen molar-refractivity contribution in [1.29, 1.82) is 0 Å². The lowest BCUT2D eigenvalue weighted by atomic mass is 10.2. The largest absolute Gasteiger partial charge is 0.398 e. The van der Waals surface area contributed by atoms with Crippen LogP contribution in [-0.2, 0) is 0 Å². The second-order valence-corrected chi connectivity index (χ2v) is 4.27. The van der Waals surface area contributed by atoms with Gasteiger partial charge in [-0.3, -0.25) is 0 Å². The Kier molecular flexibility index (Phi) is 3.97. The van der Waals surface area contributed by atoms with Crippen LogP contribution in [0.2, 0.25) is 0 Å². The molecule has 0 aromatic heterocycles.